The molecule has 0 atom stereocenters. The Hall–Kier alpha value is -1.51. The number of benzene rings is 1. The molecule has 17 heavy (non-hydrogen) atoms. The van der Waals surface area contributed by atoms with Gasteiger partial charge in [0, 0.05) is 12.1 Å². The molecule has 0 radical (unpaired) electrons. The van der Waals surface area contributed by atoms with Gasteiger partial charge in [-0.25, -0.2) is 0 Å². The van der Waals surface area contributed by atoms with Crippen LogP contribution in [0.5, 0.6) is 5.75 Å². The SMILES string of the molecule is Cc1ccc(C(=O)NCCC2CCC2)cc1O. The molecule has 2 N–H and O–H groups in total. The zero-order valence-electron chi connectivity index (χ0n) is 10.2. The van der Waals surface area contributed by atoms with Crippen molar-refractivity contribution in [3.8, 4) is 5.75 Å². The van der Waals surface area contributed by atoms with E-state index in [1.807, 2.05) is 6.92 Å². The molecular weight excluding hydrogens is 214 g/mol. The van der Waals surface area contributed by atoms with Gasteiger partial charge in [0.05, 0.1) is 0 Å². The lowest BCUT2D eigenvalue weighted by Gasteiger charge is -2.25. The van der Waals surface area contributed by atoms with Gasteiger partial charge in [-0.3, -0.25) is 4.79 Å². The second-order valence-corrected chi connectivity index (χ2v) is 4.84. The third kappa shape index (κ3) is 2.99. The summed E-state index contributed by atoms with van der Waals surface area (Å²) in [5, 5.41) is 12.4. The second kappa shape index (κ2) is 5.21. The minimum absolute atomic E-state index is 0.0976. The van der Waals surface area contributed by atoms with E-state index in [4.69, 9.17) is 0 Å². The number of hydrogen-bond donors (Lipinski definition) is 2. The summed E-state index contributed by atoms with van der Waals surface area (Å²) in [6.07, 6.45) is 5.02. The first-order valence-corrected chi connectivity index (χ1v) is 6.24. The highest BCUT2D eigenvalue weighted by Gasteiger charge is 2.17. The van der Waals surface area contributed by atoms with Crippen LogP contribution in [-0.2, 0) is 0 Å². The van der Waals surface area contributed by atoms with Crippen molar-refractivity contribution in [2.75, 3.05) is 6.54 Å². The Morgan fingerprint density at radius 1 is 1.47 bits per heavy atom. The van der Waals surface area contributed by atoms with E-state index in [-0.39, 0.29) is 11.7 Å². The quantitative estimate of drug-likeness (QED) is 0.839. The maximum atomic E-state index is 11.8. The van der Waals surface area contributed by atoms with Crippen LogP contribution in [0.25, 0.3) is 0 Å². The molecule has 1 aromatic rings. The number of aromatic hydroxyl groups is 1. The molecule has 1 aromatic carbocycles. The fourth-order valence-corrected chi connectivity index (χ4v) is 2.02. The smallest absolute Gasteiger partial charge is 0.251 e. The van der Waals surface area contributed by atoms with Gasteiger partial charge in [-0.15, -0.1) is 0 Å². The average Bonchev–Trinajstić information content (AvgIpc) is 2.25. The summed E-state index contributed by atoms with van der Waals surface area (Å²) in [5.74, 6) is 0.887. The Morgan fingerprint density at radius 2 is 2.24 bits per heavy atom. The van der Waals surface area contributed by atoms with Crippen LogP contribution in [0.4, 0.5) is 0 Å². The highest BCUT2D eigenvalue weighted by atomic mass is 16.3. The molecule has 92 valence electrons. The van der Waals surface area contributed by atoms with E-state index in [0.29, 0.717) is 5.56 Å². The van der Waals surface area contributed by atoms with Gasteiger partial charge in [0.1, 0.15) is 5.75 Å². The van der Waals surface area contributed by atoms with Gasteiger partial charge in [-0.05, 0) is 37.0 Å². The zero-order valence-corrected chi connectivity index (χ0v) is 10.2. The molecule has 0 heterocycles. The number of rotatable bonds is 4. The van der Waals surface area contributed by atoms with Crippen molar-refractivity contribution >= 4 is 5.91 Å². The third-order valence-electron chi connectivity index (χ3n) is 3.53. The molecule has 0 unspecified atom stereocenters. The first-order valence-electron chi connectivity index (χ1n) is 6.24. The molecule has 0 saturated heterocycles. The van der Waals surface area contributed by atoms with Gasteiger partial charge in [-0.2, -0.15) is 0 Å². The summed E-state index contributed by atoms with van der Waals surface area (Å²) >= 11 is 0. The van der Waals surface area contributed by atoms with Crippen LogP contribution in [0.3, 0.4) is 0 Å². The standard InChI is InChI=1S/C14H19NO2/c1-10-5-6-12(9-13(10)16)14(17)15-8-7-11-3-2-4-11/h5-6,9,11,16H,2-4,7-8H2,1H3,(H,15,17). The van der Waals surface area contributed by atoms with E-state index in [9.17, 15) is 9.90 Å². The molecule has 1 aliphatic carbocycles. The molecule has 1 amide bonds. The topological polar surface area (TPSA) is 49.3 Å². The van der Waals surface area contributed by atoms with Crippen LogP contribution in [0.2, 0.25) is 0 Å². The van der Waals surface area contributed by atoms with Crippen molar-refractivity contribution in [2.45, 2.75) is 32.6 Å². The predicted molar refractivity (Wildman–Crippen MR) is 67.1 cm³/mol. The van der Waals surface area contributed by atoms with Gasteiger partial charge in [-0.1, -0.05) is 25.3 Å². The van der Waals surface area contributed by atoms with Crippen molar-refractivity contribution in [3.63, 3.8) is 0 Å². The maximum Gasteiger partial charge on any atom is 0.251 e. The van der Waals surface area contributed by atoms with Crippen LogP contribution in [-0.4, -0.2) is 17.6 Å². The first-order chi connectivity index (χ1) is 8.16. The van der Waals surface area contributed by atoms with E-state index in [1.54, 1.807) is 12.1 Å². The number of aryl methyl sites for hydroxylation is 1. The van der Waals surface area contributed by atoms with Crippen molar-refractivity contribution in [3.05, 3.63) is 29.3 Å². The van der Waals surface area contributed by atoms with Crippen LogP contribution in [0, 0.1) is 12.8 Å². The number of carbonyl (C=O) groups is 1. The highest BCUT2D eigenvalue weighted by molar-refractivity contribution is 5.94. The molecule has 3 nitrogen and oxygen atoms in total. The van der Waals surface area contributed by atoms with Gasteiger partial charge in [0.25, 0.3) is 5.91 Å². The highest BCUT2D eigenvalue weighted by Crippen LogP contribution is 2.28. The Kier molecular flexibility index (Phi) is 3.67. The largest absolute Gasteiger partial charge is 0.508 e. The van der Waals surface area contributed by atoms with Gasteiger partial charge in [0.15, 0.2) is 0 Å². The normalized spacial score (nSPS) is 15.4. The van der Waals surface area contributed by atoms with Gasteiger partial charge in [0.2, 0.25) is 0 Å². The monoisotopic (exact) mass is 233 g/mol. The fraction of sp³-hybridized carbons (Fsp3) is 0.500. The average molecular weight is 233 g/mol. The summed E-state index contributed by atoms with van der Waals surface area (Å²) in [6, 6.07) is 5.03. The third-order valence-corrected chi connectivity index (χ3v) is 3.53. The molecule has 0 spiro atoms. The Labute approximate surface area is 102 Å². The summed E-state index contributed by atoms with van der Waals surface area (Å²) in [7, 11) is 0. The number of nitrogens with one attached hydrogen (secondary N) is 1. The predicted octanol–water partition coefficient (Wildman–Crippen LogP) is 2.62. The van der Waals surface area contributed by atoms with Crippen molar-refractivity contribution < 1.29 is 9.90 Å². The second-order valence-electron chi connectivity index (χ2n) is 4.84. The molecule has 1 saturated carbocycles. The molecule has 3 heteroatoms. The molecular formula is C14H19NO2. The molecule has 1 fully saturated rings. The van der Waals surface area contributed by atoms with E-state index in [2.05, 4.69) is 5.32 Å². The minimum atomic E-state index is -0.0976. The van der Waals surface area contributed by atoms with E-state index in [0.717, 1.165) is 24.4 Å². The molecule has 1 aliphatic rings. The van der Waals surface area contributed by atoms with Crippen LogP contribution in [0.15, 0.2) is 18.2 Å². The summed E-state index contributed by atoms with van der Waals surface area (Å²) in [5.41, 5.74) is 1.32. The van der Waals surface area contributed by atoms with E-state index >= 15 is 0 Å². The van der Waals surface area contributed by atoms with Crippen LogP contribution >= 0.6 is 0 Å². The lowest BCUT2D eigenvalue weighted by Crippen LogP contribution is -2.27. The number of phenols is 1. The number of hydrogen-bond acceptors (Lipinski definition) is 2. The lowest BCUT2D eigenvalue weighted by molar-refractivity contribution is 0.0948. The molecule has 0 bridgehead atoms. The molecule has 0 aromatic heterocycles. The summed E-state index contributed by atoms with van der Waals surface area (Å²) < 4.78 is 0. The van der Waals surface area contributed by atoms with E-state index in [1.165, 1.54) is 25.3 Å². The maximum absolute atomic E-state index is 11.8. The number of amides is 1. The number of carbonyl (C=O) groups excluding carboxylic acids is 1. The van der Waals surface area contributed by atoms with Crippen molar-refractivity contribution in [1.82, 2.24) is 5.32 Å². The zero-order chi connectivity index (χ0) is 12.3. The van der Waals surface area contributed by atoms with Gasteiger partial charge < -0.3 is 10.4 Å². The fourth-order valence-electron chi connectivity index (χ4n) is 2.02. The van der Waals surface area contributed by atoms with Gasteiger partial charge >= 0.3 is 0 Å². The first kappa shape index (κ1) is 12.0. The Balaban J connectivity index is 1.83. The van der Waals surface area contributed by atoms with Crippen LogP contribution in [0.1, 0.15) is 41.6 Å². The lowest BCUT2D eigenvalue weighted by atomic mass is 9.83. The summed E-state index contributed by atoms with van der Waals surface area (Å²) in [6.45, 7) is 2.55. The Bertz CT molecular complexity index is 411. The van der Waals surface area contributed by atoms with Crippen molar-refractivity contribution in [1.29, 1.82) is 0 Å². The number of phenolic OH excluding ortho intramolecular Hbond substituents is 1. The van der Waals surface area contributed by atoms with E-state index < -0.39 is 0 Å². The summed E-state index contributed by atoms with van der Waals surface area (Å²) in [4.78, 5) is 11.8. The molecule has 0 aliphatic heterocycles. The van der Waals surface area contributed by atoms with Crippen molar-refractivity contribution in [2.24, 2.45) is 5.92 Å². The Morgan fingerprint density at radius 3 is 2.82 bits per heavy atom. The van der Waals surface area contributed by atoms with Crippen LogP contribution < -0.4 is 5.32 Å². The minimum Gasteiger partial charge on any atom is -0.508 e. The molecule has 2 rings (SSSR count).